The number of fused-ring (bicyclic) bond motifs is 1. The van der Waals surface area contributed by atoms with Gasteiger partial charge in [0.1, 0.15) is 11.6 Å². The van der Waals surface area contributed by atoms with Gasteiger partial charge in [-0.05, 0) is 6.42 Å². The van der Waals surface area contributed by atoms with Crippen LogP contribution in [0.1, 0.15) is 20.3 Å². The number of hydrogen-bond acceptors (Lipinski definition) is 5. The summed E-state index contributed by atoms with van der Waals surface area (Å²) in [6.07, 6.45) is 0.783. The quantitative estimate of drug-likeness (QED) is 0.754. The van der Waals surface area contributed by atoms with E-state index in [2.05, 4.69) is 0 Å². The lowest BCUT2D eigenvalue weighted by molar-refractivity contribution is -0.187. The maximum atomic E-state index is 13.0. The third-order valence-corrected chi connectivity index (χ3v) is 6.51. The number of carbonyl (C=O) groups is 2. The van der Waals surface area contributed by atoms with Crippen LogP contribution in [0, 0.1) is 11.3 Å². The molecule has 7 heteroatoms. The van der Waals surface area contributed by atoms with Gasteiger partial charge in [0.15, 0.2) is 0 Å². The number of nitrogens with two attached hydrogens (primary N) is 1. The molecule has 3 N–H and O–H groups in total. The smallest absolute Gasteiger partial charge is 0.327 e. The number of thioether (sulfide) groups is 1. The maximum absolute atomic E-state index is 13.0. The molecule has 0 spiro atoms. The van der Waals surface area contributed by atoms with E-state index in [0.717, 1.165) is 12.2 Å². The summed E-state index contributed by atoms with van der Waals surface area (Å²) in [4.78, 5) is 25.9. The third kappa shape index (κ3) is 1.87. The van der Waals surface area contributed by atoms with Crippen molar-refractivity contribution in [3.63, 3.8) is 0 Å². The Balaban J connectivity index is 1.88. The van der Waals surface area contributed by atoms with Crippen LogP contribution in [-0.4, -0.2) is 64.2 Å². The molecule has 1 amide bonds. The van der Waals surface area contributed by atoms with Crippen LogP contribution >= 0.6 is 11.8 Å². The molecule has 4 unspecified atom stereocenters. The summed E-state index contributed by atoms with van der Waals surface area (Å²) in [6.45, 7) is 4.98. The van der Waals surface area contributed by atoms with E-state index in [1.807, 2.05) is 13.8 Å². The molecule has 0 radical (unpaired) electrons. The molecule has 1 aliphatic carbocycles. The number of rotatable bonds is 2. The molecule has 21 heavy (non-hydrogen) atoms. The molecule has 2 saturated heterocycles. The minimum Gasteiger partial charge on any atom is -0.480 e. The summed E-state index contributed by atoms with van der Waals surface area (Å²) in [5.41, 5.74) is 5.06. The van der Waals surface area contributed by atoms with E-state index in [4.69, 9.17) is 10.5 Å². The number of aliphatic carboxylic acids is 1. The molecule has 0 bridgehead atoms. The molecule has 0 aromatic carbocycles. The minimum atomic E-state index is -1.01. The van der Waals surface area contributed by atoms with Crippen LogP contribution in [0.4, 0.5) is 0 Å². The molecule has 3 rings (SSSR count). The van der Waals surface area contributed by atoms with Crippen molar-refractivity contribution in [3.8, 4) is 0 Å². The highest BCUT2D eigenvalue weighted by Gasteiger charge is 2.72. The highest BCUT2D eigenvalue weighted by Crippen LogP contribution is 2.58. The molecule has 0 aromatic heterocycles. The standard InChI is InChI=1S/C14H22N2O4S/c1-13(2)10-8(3-5-20-10)14(13,15)12(19)16-4-6-21-7-9(16)11(17)18/h8-10H,3-7,15H2,1-2H3,(H,17,18). The van der Waals surface area contributed by atoms with Gasteiger partial charge in [0.05, 0.1) is 6.10 Å². The van der Waals surface area contributed by atoms with E-state index in [9.17, 15) is 14.7 Å². The summed E-state index contributed by atoms with van der Waals surface area (Å²) in [5.74, 6) is 0.0326. The van der Waals surface area contributed by atoms with Crippen LogP contribution in [-0.2, 0) is 14.3 Å². The monoisotopic (exact) mass is 314 g/mol. The van der Waals surface area contributed by atoms with Gasteiger partial charge in [-0.2, -0.15) is 11.8 Å². The fourth-order valence-corrected chi connectivity index (χ4v) is 5.15. The molecule has 0 aromatic rings. The first-order chi connectivity index (χ1) is 9.81. The average Bonchev–Trinajstić information content (AvgIpc) is 2.94. The number of ether oxygens (including phenoxy) is 1. The van der Waals surface area contributed by atoms with E-state index in [0.29, 0.717) is 18.9 Å². The lowest BCUT2D eigenvalue weighted by Gasteiger charge is -2.62. The highest BCUT2D eigenvalue weighted by atomic mass is 32.2. The van der Waals surface area contributed by atoms with Crippen molar-refractivity contribution in [1.29, 1.82) is 0 Å². The Bertz CT molecular complexity index is 484. The van der Waals surface area contributed by atoms with E-state index in [-0.39, 0.29) is 17.9 Å². The van der Waals surface area contributed by atoms with Crippen LogP contribution in [0.3, 0.4) is 0 Å². The Morgan fingerprint density at radius 1 is 1.43 bits per heavy atom. The zero-order valence-electron chi connectivity index (χ0n) is 12.4. The first kappa shape index (κ1) is 15.1. The van der Waals surface area contributed by atoms with Gasteiger partial charge in [-0.15, -0.1) is 0 Å². The number of amides is 1. The predicted octanol–water partition coefficient (Wildman–Crippen LogP) is 0.157. The average molecular weight is 314 g/mol. The van der Waals surface area contributed by atoms with Crippen molar-refractivity contribution in [2.24, 2.45) is 17.1 Å². The van der Waals surface area contributed by atoms with Gasteiger partial charge in [0.25, 0.3) is 0 Å². The molecule has 2 heterocycles. The van der Waals surface area contributed by atoms with Gasteiger partial charge in [0, 0.05) is 36.0 Å². The van der Waals surface area contributed by atoms with E-state index < -0.39 is 23.0 Å². The zero-order chi connectivity index (χ0) is 15.4. The predicted molar refractivity (Wildman–Crippen MR) is 79.0 cm³/mol. The first-order valence-corrected chi connectivity index (χ1v) is 8.49. The highest BCUT2D eigenvalue weighted by molar-refractivity contribution is 7.99. The van der Waals surface area contributed by atoms with Gasteiger partial charge in [-0.25, -0.2) is 4.79 Å². The largest absolute Gasteiger partial charge is 0.480 e. The Hall–Kier alpha value is -0.790. The first-order valence-electron chi connectivity index (χ1n) is 7.34. The number of hydrogen-bond donors (Lipinski definition) is 2. The lowest BCUT2D eigenvalue weighted by atomic mass is 9.47. The number of carboxylic acids is 1. The van der Waals surface area contributed by atoms with Crippen LogP contribution < -0.4 is 5.73 Å². The van der Waals surface area contributed by atoms with Crippen molar-refractivity contribution in [2.45, 2.75) is 38.0 Å². The van der Waals surface area contributed by atoms with E-state index in [1.54, 1.807) is 11.8 Å². The van der Waals surface area contributed by atoms with Crippen molar-refractivity contribution in [2.75, 3.05) is 24.7 Å². The summed E-state index contributed by atoms with van der Waals surface area (Å²) in [5, 5.41) is 9.36. The lowest BCUT2D eigenvalue weighted by Crippen LogP contribution is -2.81. The molecular formula is C14H22N2O4S. The minimum absolute atomic E-state index is 0.00373. The molecule has 4 atom stereocenters. The van der Waals surface area contributed by atoms with E-state index >= 15 is 0 Å². The maximum Gasteiger partial charge on any atom is 0.327 e. The second-order valence-electron chi connectivity index (χ2n) is 6.70. The Labute approximate surface area is 128 Å². The normalized spacial score (nSPS) is 41.3. The van der Waals surface area contributed by atoms with Crippen LogP contribution in [0.2, 0.25) is 0 Å². The Morgan fingerprint density at radius 3 is 2.81 bits per heavy atom. The fourth-order valence-electron chi connectivity index (χ4n) is 4.11. The number of nitrogens with zero attached hydrogens (tertiary/aromatic N) is 1. The van der Waals surface area contributed by atoms with Crippen molar-refractivity contribution in [1.82, 2.24) is 4.90 Å². The molecule has 2 aliphatic heterocycles. The summed E-state index contributed by atoms with van der Waals surface area (Å²) in [7, 11) is 0. The molecule has 3 aliphatic rings. The van der Waals surface area contributed by atoms with Crippen LogP contribution in [0.25, 0.3) is 0 Å². The zero-order valence-corrected chi connectivity index (χ0v) is 13.2. The number of carbonyl (C=O) groups excluding carboxylic acids is 1. The third-order valence-electron chi connectivity index (χ3n) is 5.48. The van der Waals surface area contributed by atoms with Crippen molar-refractivity contribution >= 4 is 23.6 Å². The topological polar surface area (TPSA) is 92.9 Å². The van der Waals surface area contributed by atoms with Crippen LogP contribution in [0.5, 0.6) is 0 Å². The molecule has 6 nitrogen and oxygen atoms in total. The number of carboxylic acid groups (broad SMARTS) is 1. The van der Waals surface area contributed by atoms with Crippen molar-refractivity contribution < 1.29 is 19.4 Å². The SMILES string of the molecule is CC1(C)C2OCCC2C1(N)C(=O)N1CCSCC1C(=O)O. The molecule has 1 saturated carbocycles. The Morgan fingerprint density at radius 2 is 2.14 bits per heavy atom. The fraction of sp³-hybridized carbons (Fsp3) is 0.857. The molecule has 118 valence electrons. The van der Waals surface area contributed by atoms with Crippen LogP contribution in [0.15, 0.2) is 0 Å². The van der Waals surface area contributed by atoms with E-state index in [1.165, 1.54) is 4.90 Å². The second-order valence-corrected chi connectivity index (χ2v) is 7.85. The van der Waals surface area contributed by atoms with Gasteiger partial charge in [-0.3, -0.25) is 4.79 Å². The van der Waals surface area contributed by atoms with Gasteiger partial charge in [-0.1, -0.05) is 13.8 Å². The van der Waals surface area contributed by atoms with Gasteiger partial charge in [0.2, 0.25) is 5.91 Å². The van der Waals surface area contributed by atoms with Gasteiger partial charge < -0.3 is 20.5 Å². The molecule has 3 fully saturated rings. The van der Waals surface area contributed by atoms with Crippen molar-refractivity contribution in [3.05, 3.63) is 0 Å². The molecular weight excluding hydrogens is 292 g/mol. The Kier molecular flexibility index (Phi) is 3.50. The second kappa shape index (κ2) is 4.86. The summed E-state index contributed by atoms with van der Waals surface area (Å²) < 4.78 is 5.70. The van der Waals surface area contributed by atoms with Gasteiger partial charge >= 0.3 is 5.97 Å². The summed E-state index contributed by atoms with van der Waals surface area (Å²) in [6, 6.07) is -0.770. The summed E-state index contributed by atoms with van der Waals surface area (Å²) >= 11 is 1.57.